The van der Waals surface area contributed by atoms with Crippen molar-refractivity contribution in [3.05, 3.63) is 30.1 Å². The maximum atomic E-state index is 11.1. The van der Waals surface area contributed by atoms with E-state index in [1.807, 2.05) is 18.2 Å². The number of rotatable bonds is 2. The third-order valence-electron chi connectivity index (χ3n) is 2.08. The van der Waals surface area contributed by atoms with E-state index in [9.17, 15) is 4.79 Å². The van der Waals surface area contributed by atoms with Gasteiger partial charge >= 0.3 is 0 Å². The number of H-pyrrole nitrogens is 1. The van der Waals surface area contributed by atoms with Crippen molar-refractivity contribution in [2.75, 3.05) is 7.05 Å². The minimum atomic E-state index is -0.00319. The van der Waals surface area contributed by atoms with Gasteiger partial charge in [0.1, 0.15) is 5.65 Å². The fraction of sp³-hybridized carbons (Fsp3) is 0.200. The van der Waals surface area contributed by atoms with Crippen LogP contribution in [0.3, 0.4) is 0 Å². The number of aromatic amines is 1. The Balaban J connectivity index is 2.31. The summed E-state index contributed by atoms with van der Waals surface area (Å²) in [7, 11) is 1.63. The van der Waals surface area contributed by atoms with Crippen LogP contribution in [0.15, 0.2) is 24.4 Å². The van der Waals surface area contributed by atoms with Crippen LogP contribution in [0.1, 0.15) is 5.69 Å². The number of hydrogen-bond acceptors (Lipinski definition) is 2. The first-order valence-electron chi connectivity index (χ1n) is 4.43. The molecule has 4 nitrogen and oxygen atoms in total. The van der Waals surface area contributed by atoms with Gasteiger partial charge in [-0.25, -0.2) is 4.98 Å². The lowest BCUT2D eigenvalue weighted by atomic mass is 10.2. The summed E-state index contributed by atoms with van der Waals surface area (Å²) >= 11 is 0. The number of aromatic nitrogens is 2. The lowest BCUT2D eigenvalue weighted by Crippen LogP contribution is -2.19. The summed E-state index contributed by atoms with van der Waals surface area (Å²) in [6.45, 7) is 0. The average Bonchev–Trinajstić information content (AvgIpc) is 2.59. The van der Waals surface area contributed by atoms with E-state index in [2.05, 4.69) is 15.3 Å². The highest BCUT2D eigenvalue weighted by Gasteiger charge is 2.04. The fourth-order valence-electron chi connectivity index (χ4n) is 1.37. The van der Waals surface area contributed by atoms with Crippen molar-refractivity contribution in [3.63, 3.8) is 0 Å². The predicted octanol–water partition coefficient (Wildman–Crippen LogP) is 0.851. The Labute approximate surface area is 81.3 Å². The number of likely N-dealkylation sites (N-methyl/N-ethyl adjacent to an activating group) is 1. The molecule has 0 spiro atoms. The fourth-order valence-corrected chi connectivity index (χ4v) is 1.37. The predicted molar refractivity (Wildman–Crippen MR) is 53.9 cm³/mol. The topological polar surface area (TPSA) is 57.8 Å². The smallest absolute Gasteiger partial charge is 0.225 e. The van der Waals surface area contributed by atoms with E-state index < -0.39 is 0 Å². The Morgan fingerprint density at radius 2 is 2.50 bits per heavy atom. The molecule has 2 rings (SSSR count). The summed E-state index contributed by atoms with van der Waals surface area (Å²) in [4.78, 5) is 18.3. The van der Waals surface area contributed by atoms with Crippen LogP contribution in [-0.2, 0) is 11.2 Å². The van der Waals surface area contributed by atoms with Gasteiger partial charge in [-0.05, 0) is 18.2 Å². The standard InChI is InChI=1S/C10H11N3O/c1-11-9(14)6-8-5-7-3-2-4-12-10(7)13-8/h2-5H,6H2,1H3,(H,11,14)(H,12,13). The molecule has 0 aliphatic rings. The molecular weight excluding hydrogens is 178 g/mol. The van der Waals surface area contributed by atoms with Crippen molar-refractivity contribution in [2.45, 2.75) is 6.42 Å². The molecule has 14 heavy (non-hydrogen) atoms. The summed E-state index contributed by atoms with van der Waals surface area (Å²) in [6.07, 6.45) is 2.09. The maximum absolute atomic E-state index is 11.1. The van der Waals surface area contributed by atoms with Crippen molar-refractivity contribution in [2.24, 2.45) is 0 Å². The molecule has 4 heteroatoms. The summed E-state index contributed by atoms with van der Waals surface area (Å²) in [5.41, 5.74) is 1.71. The average molecular weight is 189 g/mol. The minimum absolute atomic E-state index is 0.00319. The van der Waals surface area contributed by atoms with Gasteiger partial charge < -0.3 is 10.3 Å². The molecule has 2 aromatic rings. The third kappa shape index (κ3) is 1.59. The number of amides is 1. The van der Waals surface area contributed by atoms with E-state index in [1.165, 1.54) is 0 Å². The third-order valence-corrected chi connectivity index (χ3v) is 2.08. The Morgan fingerprint density at radius 1 is 1.64 bits per heavy atom. The largest absolute Gasteiger partial charge is 0.359 e. The first kappa shape index (κ1) is 8.74. The van der Waals surface area contributed by atoms with E-state index in [0.717, 1.165) is 16.7 Å². The van der Waals surface area contributed by atoms with Gasteiger partial charge in [-0.15, -0.1) is 0 Å². The number of nitrogens with one attached hydrogen (secondary N) is 2. The number of nitrogens with zero attached hydrogens (tertiary/aromatic N) is 1. The zero-order valence-electron chi connectivity index (χ0n) is 7.87. The summed E-state index contributed by atoms with van der Waals surface area (Å²) in [6, 6.07) is 5.78. The summed E-state index contributed by atoms with van der Waals surface area (Å²) in [5, 5.41) is 3.61. The number of pyridine rings is 1. The van der Waals surface area contributed by atoms with Crippen LogP contribution in [0.25, 0.3) is 11.0 Å². The Bertz CT molecular complexity index is 428. The molecule has 2 N–H and O–H groups in total. The van der Waals surface area contributed by atoms with Crippen LogP contribution >= 0.6 is 0 Å². The Morgan fingerprint density at radius 3 is 3.21 bits per heavy atom. The number of carbonyl (C=O) groups excluding carboxylic acids is 1. The van der Waals surface area contributed by atoms with Crippen molar-refractivity contribution < 1.29 is 4.79 Å². The molecule has 1 amide bonds. The molecule has 0 radical (unpaired) electrons. The first-order valence-corrected chi connectivity index (χ1v) is 4.43. The monoisotopic (exact) mass is 189 g/mol. The summed E-state index contributed by atoms with van der Waals surface area (Å²) in [5.74, 6) is -0.00319. The van der Waals surface area contributed by atoms with Gasteiger partial charge in [-0.1, -0.05) is 0 Å². The van der Waals surface area contributed by atoms with Crippen LogP contribution in [0.5, 0.6) is 0 Å². The molecule has 0 saturated heterocycles. The summed E-state index contributed by atoms with van der Waals surface area (Å²) < 4.78 is 0. The zero-order valence-corrected chi connectivity index (χ0v) is 7.87. The van der Waals surface area contributed by atoms with Crippen LogP contribution in [0, 0.1) is 0 Å². The van der Waals surface area contributed by atoms with E-state index in [1.54, 1.807) is 13.2 Å². The molecular formula is C10H11N3O. The molecule has 0 saturated carbocycles. The molecule has 72 valence electrons. The van der Waals surface area contributed by atoms with Gasteiger partial charge in [0, 0.05) is 24.3 Å². The Hall–Kier alpha value is -1.84. The Kier molecular flexibility index (Phi) is 2.18. The quantitative estimate of drug-likeness (QED) is 0.735. The van der Waals surface area contributed by atoms with Gasteiger partial charge in [-0.3, -0.25) is 4.79 Å². The normalized spacial score (nSPS) is 10.4. The molecule has 0 aliphatic carbocycles. The van der Waals surface area contributed by atoms with Gasteiger partial charge in [0.05, 0.1) is 6.42 Å². The maximum Gasteiger partial charge on any atom is 0.225 e. The van der Waals surface area contributed by atoms with Crippen LogP contribution < -0.4 is 5.32 Å². The van der Waals surface area contributed by atoms with Crippen molar-refractivity contribution in [1.82, 2.24) is 15.3 Å². The van der Waals surface area contributed by atoms with Crippen molar-refractivity contribution in [3.8, 4) is 0 Å². The molecule has 0 bridgehead atoms. The van der Waals surface area contributed by atoms with Gasteiger partial charge in [0.15, 0.2) is 0 Å². The molecule has 0 unspecified atom stereocenters. The second kappa shape index (κ2) is 3.49. The van der Waals surface area contributed by atoms with E-state index >= 15 is 0 Å². The molecule has 0 fully saturated rings. The highest BCUT2D eigenvalue weighted by atomic mass is 16.1. The molecule has 0 atom stereocenters. The second-order valence-electron chi connectivity index (χ2n) is 3.09. The molecule has 2 heterocycles. The van der Waals surface area contributed by atoms with Crippen LogP contribution in [0.2, 0.25) is 0 Å². The molecule has 0 aromatic carbocycles. The highest BCUT2D eigenvalue weighted by Crippen LogP contribution is 2.12. The minimum Gasteiger partial charge on any atom is -0.359 e. The van der Waals surface area contributed by atoms with Crippen molar-refractivity contribution >= 4 is 16.9 Å². The lowest BCUT2D eigenvalue weighted by molar-refractivity contribution is -0.119. The lowest BCUT2D eigenvalue weighted by Gasteiger charge is -1.94. The zero-order chi connectivity index (χ0) is 9.97. The van der Waals surface area contributed by atoms with Crippen LogP contribution in [-0.4, -0.2) is 22.9 Å². The van der Waals surface area contributed by atoms with E-state index in [4.69, 9.17) is 0 Å². The van der Waals surface area contributed by atoms with Crippen LogP contribution in [0.4, 0.5) is 0 Å². The van der Waals surface area contributed by atoms with Crippen molar-refractivity contribution in [1.29, 1.82) is 0 Å². The number of carbonyl (C=O) groups is 1. The van der Waals surface area contributed by atoms with Gasteiger partial charge in [-0.2, -0.15) is 0 Å². The number of hydrogen-bond donors (Lipinski definition) is 2. The van der Waals surface area contributed by atoms with Gasteiger partial charge in [0.2, 0.25) is 5.91 Å². The van der Waals surface area contributed by atoms with Gasteiger partial charge in [0.25, 0.3) is 0 Å². The second-order valence-corrected chi connectivity index (χ2v) is 3.09. The first-order chi connectivity index (χ1) is 6.79. The highest BCUT2D eigenvalue weighted by molar-refractivity contribution is 5.81. The van der Waals surface area contributed by atoms with E-state index in [0.29, 0.717) is 6.42 Å². The SMILES string of the molecule is CNC(=O)Cc1cc2cccnc2[nH]1. The van der Waals surface area contributed by atoms with E-state index in [-0.39, 0.29) is 5.91 Å². The molecule has 2 aromatic heterocycles. The number of fused-ring (bicyclic) bond motifs is 1. The molecule has 0 aliphatic heterocycles.